The molecule has 12 heteroatoms. The lowest BCUT2D eigenvalue weighted by Gasteiger charge is -2.49. The third-order valence-corrected chi connectivity index (χ3v) is 4.93. The van der Waals surface area contributed by atoms with Crippen LogP contribution in [0.5, 0.6) is 0 Å². The van der Waals surface area contributed by atoms with Crippen molar-refractivity contribution in [1.29, 1.82) is 0 Å². The molecule has 0 spiro atoms. The van der Waals surface area contributed by atoms with E-state index in [4.69, 9.17) is 20.4 Å². The summed E-state index contributed by atoms with van der Waals surface area (Å²) in [5.41, 5.74) is -5.88. The fourth-order valence-electron chi connectivity index (χ4n) is 1.76. The van der Waals surface area contributed by atoms with Gasteiger partial charge in [0.15, 0.2) is 0 Å². The minimum Gasteiger partial charge on any atom is -0.361 e. The Hall–Kier alpha value is -0.500. The number of halogens is 3. The second kappa shape index (κ2) is 4.00. The van der Waals surface area contributed by atoms with Crippen LogP contribution in [0.3, 0.4) is 0 Å². The first-order valence-electron chi connectivity index (χ1n) is 4.73. The van der Waals surface area contributed by atoms with Gasteiger partial charge in [-0.2, -0.15) is 13.2 Å². The van der Waals surface area contributed by atoms with Crippen LogP contribution in [0.15, 0.2) is 0 Å². The van der Waals surface area contributed by atoms with Crippen molar-refractivity contribution < 1.29 is 52.2 Å². The standard InChI is InChI=1S/C7H11F3O8S/c8-7(9,10)19(17,18)3-1-2-4(11,12)6(15,16)5(3,13)14/h3,11-16H,1-2H2. The van der Waals surface area contributed by atoms with E-state index in [0.29, 0.717) is 0 Å². The lowest BCUT2D eigenvalue weighted by Crippen LogP contribution is -2.76. The van der Waals surface area contributed by atoms with E-state index in [-0.39, 0.29) is 0 Å². The molecule has 0 bridgehead atoms. The van der Waals surface area contributed by atoms with E-state index in [0.717, 1.165) is 0 Å². The number of rotatable bonds is 1. The Morgan fingerprint density at radius 2 is 1.42 bits per heavy atom. The van der Waals surface area contributed by atoms with Crippen molar-refractivity contribution in [2.24, 2.45) is 0 Å². The number of sulfone groups is 1. The van der Waals surface area contributed by atoms with Gasteiger partial charge in [-0.25, -0.2) is 8.42 Å². The van der Waals surface area contributed by atoms with Gasteiger partial charge < -0.3 is 30.6 Å². The lowest BCUT2D eigenvalue weighted by molar-refractivity contribution is -0.464. The Balaban J connectivity index is 3.37. The third kappa shape index (κ3) is 2.12. The number of hydrogen-bond donors (Lipinski definition) is 6. The number of aliphatic hydroxyl groups is 6. The van der Waals surface area contributed by atoms with Gasteiger partial charge in [-0.15, -0.1) is 0 Å². The summed E-state index contributed by atoms with van der Waals surface area (Å²) in [4.78, 5) is 0. The third-order valence-electron chi connectivity index (χ3n) is 2.97. The summed E-state index contributed by atoms with van der Waals surface area (Å²) in [6.45, 7) is 0. The molecule has 0 amide bonds. The largest absolute Gasteiger partial charge is 0.497 e. The Kier molecular flexibility index (Phi) is 3.49. The molecule has 1 unspecified atom stereocenters. The van der Waals surface area contributed by atoms with Gasteiger partial charge in [0.2, 0.25) is 11.6 Å². The second-order valence-electron chi connectivity index (χ2n) is 4.23. The van der Waals surface area contributed by atoms with E-state index in [1.165, 1.54) is 0 Å². The minimum atomic E-state index is -6.17. The highest BCUT2D eigenvalue weighted by Crippen LogP contribution is 2.45. The summed E-state index contributed by atoms with van der Waals surface area (Å²) in [5, 5.41) is 51.9. The Morgan fingerprint density at radius 1 is 1.00 bits per heavy atom. The van der Waals surface area contributed by atoms with E-state index >= 15 is 0 Å². The van der Waals surface area contributed by atoms with Crippen LogP contribution in [0.1, 0.15) is 12.8 Å². The molecule has 114 valence electrons. The van der Waals surface area contributed by atoms with Crippen LogP contribution in [-0.2, 0) is 9.84 Å². The van der Waals surface area contributed by atoms with E-state index in [1.54, 1.807) is 0 Å². The molecule has 1 saturated carbocycles. The van der Waals surface area contributed by atoms with E-state index in [1.807, 2.05) is 0 Å². The summed E-state index contributed by atoms with van der Waals surface area (Å²) >= 11 is 0. The highest BCUT2D eigenvalue weighted by molar-refractivity contribution is 7.92. The smallest absolute Gasteiger partial charge is 0.361 e. The first-order chi connectivity index (χ1) is 8.09. The fraction of sp³-hybridized carbons (Fsp3) is 1.00. The van der Waals surface area contributed by atoms with E-state index in [2.05, 4.69) is 0 Å². The summed E-state index contributed by atoms with van der Waals surface area (Å²) in [5.74, 6) is -12.2. The minimum absolute atomic E-state index is 1.23. The van der Waals surface area contributed by atoms with Gasteiger partial charge in [0.25, 0.3) is 15.6 Å². The second-order valence-corrected chi connectivity index (χ2v) is 6.35. The maximum atomic E-state index is 12.3. The maximum absolute atomic E-state index is 12.3. The average molecular weight is 312 g/mol. The van der Waals surface area contributed by atoms with E-state index < -0.39 is 50.8 Å². The summed E-state index contributed by atoms with van der Waals surface area (Å²) in [7, 11) is -6.17. The number of hydrogen-bond acceptors (Lipinski definition) is 8. The van der Waals surface area contributed by atoms with Crippen LogP contribution >= 0.6 is 0 Å². The molecule has 0 radical (unpaired) electrons. The van der Waals surface area contributed by atoms with Crippen molar-refractivity contribution in [3.63, 3.8) is 0 Å². The Labute approximate surface area is 104 Å². The van der Waals surface area contributed by atoms with Gasteiger partial charge in [-0.05, 0) is 6.42 Å². The SMILES string of the molecule is O=S(=O)(C1CCC(O)(O)C(O)(O)C1(O)O)C(F)(F)F. The first-order valence-corrected chi connectivity index (χ1v) is 6.28. The van der Waals surface area contributed by atoms with Crippen LogP contribution in [0.4, 0.5) is 13.2 Å². The molecule has 1 fully saturated rings. The summed E-state index contributed by atoms with van der Waals surface area (Å²) in [6, 6.07) is 0. The number of alkyl halides is 3. The first kappa shape index (κ1) is 16.6. The molecule has 0 aliphatic heterocycles. The highest BCUT2D eigenvalue weighted by Gasteiger charge is 2.73. The zero-order chi connectivity index (χ0) is 15.5. The molecule has 1 aliphatic carbocycles. The highest BCUT2D eigenvalue weighted by atomic mass is 32.2. The predicted molar refractivity (Wildman–Crippen MR) is 49.5 cm³/mol. The average Bonchev–Trinajstić information content (AvgIpc) is 2.12. The molecule has 6 N–H and O–H groups in total. The Morgan fingerprint density at radius 3 is 1.79 bits per heavy atom. The molecule has 1 atom stereocenters. The summed E-state index contributed by atoms with van der Waals surface area (Å²) < 4.78 is 59.1. The molecule has 0 saturated heterocycles. The summed E-state index contributed by atoms with van der Waals surface area (Å²) in [6.07, 6.45) is -2.49. The van der Waals surface area contributed by atoms with Crippen LogP contribution in [0, 0.1) is 0 Å². The van der Waals surface area contributed by atoms with Crippen molar-refractivity contribution >= 4 is 9.84 Å². The molecule has 0 heterocycles. The van der Waals surface area contributed by atoms with E-state index in [9.17, 15) is 31.8 Å². The maximum Gasteiger partial charge on any atom is 0.497 e. The monoisotopic (exact) mass is 312 g/mol. The van der Waals surface area contributed by atoms with Gasteiger partial charge in [0.1, 0.15) is 5.25 Å². The molecule has 0 aromatic heterocycles. The van der Waals surface area contributed by atoms with Crippen molar-refractivity contribution in [3.05, 3.63) is 0 Å². The molecule has 0 aromatic rings. The van der Waals surface area contributed by atoms with Gasteiger partial charge >= 0.3 is 5.51 Å². The molecule has 19 heavy (non-hydrogen) atoms. The van der Waals surface area contributed by atoms with Gasteiger partial charge in [0.05, 0.1) is 0 Å². The predicted octanol–water partition coefficient (Wildman–Crippen LogP) is -2.87. The molecular weight excluding hydrogens is 301 g/mol. The van der Waals surface area contributed by atoms with Crippen LogP contribution in [0.2, 0.25) is 0 Å². The zero-order valence-electron chi connectivity index (χ0n) is 9.03. The van der Waals surface area contributed by atoms with Crippen LogP contribution in [0.25, 0.3) is 0 Å². The quantitative estimate of drug-likeness (QED) is 0.282. The normalized spacial score (nSPS) is 30.1. The van der Waals surface area contributed by atoms with Crippen molar-refractivity contribution in [3.8, 4) is 0 Å². The zero-order valence-corrected chi connectivity index (χ0v) is 9.85. The fourth-order valence-corrected chi connectivity index (χ4v) is 3.11. The molecule has 8 nitrogen and oxygen atoms in total. The van der Waals surface area contributed by atoms with Crippen molar-refractivity contribution in [2.45, 2.75) is 41.0 Å². The molecule has 0 aromatic carbocycles. The van der Waals surface area contributed by atoms with Crippen molar-refractivity contribution in [2.75, 3.05) is 0 Å². The van der Waals surface area contributed by atoms with Gasteiger partial charge in [-0.3, -0.25) is 0 Å². The molecule has 1 aliphatic rings. The Bertz CT molecular complexity index is 465. The van der Waals surface area contributed by atoms with Crippen LogP contribution in [-0.4, -0.2) is 67.2 Å². The van der Waals surface area contributed by atoms with Gasteiger partial charge in [-0.1, -0.05) is 0 Å². The molecule has 1 rings (SSSR count). The topological polar surface area (TPSA) is 156 Å². The molecular formula is C7H11F3O8S. The van der Waals surface area contributed by atoms with Gasteiger partial charge in [0, 0.05) is 6.42 Å². The van der Waals surface area contributed by atoms with Crippen LogP contribution < -0.4 is 0 Å². The van der Waals surface area contributed by atoms with Crippen molar-refractivity contribution in [1.82, 2.24) is 0 Å². The lowest BCUT2D eigenvalue weighted by atomic mass is 9.82.